The number of sulfonamides is 1. The van der Waals surface area contributed by atoms with Crippen LogP contribution >= 0.6 is 0 Å². The number of amides is 1. The number of rotatable bonds is 4. The van der Waals surface area contributed by atoms with Crippen LogP contribution in [-0.2, 0) is 10.0 Å². The van der Waals surface area contributed by atoms with Gasteiger partial charge in [0.2, 0.25) is 10.0 Å². The standard InChI is InChI=1S/C18H20N2O5S/c1-11-7-13(8-17(12(11)2)26(19,22)23)18(21)20-9-14-10-24-15-5-3-4-6-16(15)25-14/h3-8,14H,9-10H2,1-2H3,(H,20,21)(H2,19,22,23). The number of fused-ring (bicyclic) bond motifs is 1. The van der Waals surface area contributed by atoms with Crippen LogP contribution in [-0.4, -0.2) is 33.6 Å². The molecule has 0 fully saturated rings. The van der Waals surface area contributed by atoms with Gasteiger partial charge < -0.3 is 14.8 Å². The highest BCUT2D eigenvalue weighted by Crippen LogP contribution is 2.30. The molecular formula is C18H20N2O5S. The van der Waals surface area contributed by atoms with Crippen LogP contribution in [0, 0.1) is 13.8 Å². The van der Waals surface area contributed by atoms with Gasteiger partial charge in [-0.25, -0.2) is 13.6 Å². The van der Waals surface area contributed by atoms with Gasteiger partial charge in [0, 0.05) is 5.56 Å². The van der Waals surface area contributed by atoms with Crippen LogP contribution in [0.5, 0.6) is 11.5 Å². The maximum Gasteiger partial charge on any atom is 0.251 e. The quantitative estimate of drug-likeness (QED) is 0.841. The van der Waals surface area contributed by atoms with Gasteiger partial charge in [-0.1, -0.05) is 12.1 Å². The Kier molecular flexibility index (Phi) is 4.88. The summed E-state index contributed by atoms with van der Waals surface area (Å²) in [5.41, 5.74) is 1.44. The van der Waals surface area contributed by atoms with Crippen LogP contribution in [0.15, 0.2) is 41.3 Å². The Morgan fingerprint density at radius 1 is 1.23 bits per heavy atom. The molecule has 0 saturated heterocycles. The molecule has 0 spiro atoms. The maximum absolute atomic E-state index is 12.4. The van der Waals surface area contributed by atoms with Crippen LogP contribution in [0.25, 0.3) is 0 Å². The molecule has 7 nitrogen and oxygen atoms in total. The second-order valence-electron chi connectivity index (χ2n) is 6.17. The van der Waals surface area contributed by atoms with Crippen LogP contribution in [0.4, 0.5) is 0 Å². The molecule has 1 aliphatic rings. The summed E-state index contributed by atoms with van der Waals surface area (Å²) in [6, 6.07) is 10.2. The lowest BCUT2D eigenvalue weighted by atomic mass is 10.1. The number of primary sulfonamides is 1. The summed E-state index contributed by atoms with van der Waals surface area (Å²) in [6.45, 7) is 3.93. The third kappa shape index (κ3) is 3.81. The van der Waals surface area contributed by atoms with E-state index in [1.54, 1.807) is 26.0 Å². The predicted molar refractivity (Wildman–Crippen MR) is 96.0 cm³/mol. The molecule has 1 heterocycles. The number of carbonyl (C=O) groups is 1. The molecule has 0 aliphatic carbocycles. The molecule has 3 rings (SSSR count). The number of benzene rings is 2. The average Bonchev–Trinajstić information content (AvgIpc) is 2.60. The van der Waals surface area contributed by atoms with Crippen molar-refractivity contribution in [1.82, 2.24) is 5.32 Å². The first-order valence-corrected chi connectivity index (χ1v) is 9.61. The monoisotopic (exact) mass is 376 g/mol. The van der Waals surface area contributed by atoms with E-state index in [2.05, 4.69) is 5.32 Å². The second kappa shape index (κ2) is 6.97. The molecule has 0 saturated carbocycles. The van der Waals surface area contributed by atoms with E-state index < -0.39 is 15.9 Å². The third-order valence-electron chi connectivity index (χ3n) is 4.25. The van der Waals surface area contributed by atoms with Gasteiger partial charge >= 0.3 is 0 Å². The zero-order chi connectivity index (χ0) is 18.9. The van der Waals surface area contributed by atoms with Gasteiger partial charge in [0.05, 0.1) is 11.4 Å². The molecule has 0 bridgehead atoms. The van der Waals surface area contributed by atoms with Gasteiger partial charge in [-0.2, -0.15) is 0 Å². The van der Waals surface area contributed by atoms with Crippen LogP contribution in [0.2, 0.25) is 0 Å². The highest BCUT2D eigenvalue weighted by Gasteiger charge is 2.22. The van der Waals surface area contributed by atoms with E-state index in [9.17, 15) is 13.2 Å². The van der Waals surface area contributed by atoms with Crippen molar-refractivity contribution in [2.24, 2.45) is 5.14 Å². The van der Waals surface area contributed by atoms with Gasteiger partial charge in [-0.05, 0) is 49.2 Å². The second-order valence-corrected chi connectivity index (χ2v) is 7.70. The highest BCUT2D eigenvalue weighted by molar-refractivity contribution is 7.89. The lowest BCUT2D eigenvalue weighted by Crippen LogP contribution is -2.40. The first-order valence-electron chi connectivity index (χ1n) is 8.06. The molecular weight excluding hydrogens is 356 g/mol. The summed E-state index contributed by atoms with van der Waals surface area (Å²) < 4.78 is 34.8. The van der Waals surface area contributed by atoms with E-state index in [1.807, 2.05) is 18.2 Å². The molecule has 1 aliphatic heterocycles. The summed E-state index contributed by atoms with van der Waals surface area (Å²) in [4.78, 5) is 12.4. The maximum atomic E-state index is 12.4. The van der Waals surface area contributed by atoms with Gasteiger partial charge in [0.1, 0.15) is 12.7 Å². The lowest BCUT2D eigenvalue weighted by Gasteiger charge is -2.26. The zero-order valence-corrected chi connectivity index (χ0v) is 15.3. The molecule has 26 heavy (non-hydrogen) atoms. The minimum Gasteiger partial charge on any atom is -0.486 e. The Morgan fingerprint density at radius 2 is 1.92 bits per heavy atom. The topological polar surface area (TPSA) is 108 Å². The lowest BCUT2D eigenvalue weighted by molar-refractivity contribution is 0.0789. The van der Waals surface area contributed by atoms with Crippen molar-refractivity contribution in [3.05, 3.63) is 53.1 Å². The van der Waals surface area contributed by atoms with E-state index in [4.69, 9.17) is 14.6 Å². The molecule has 3 N–H and O–H groups in total. The summed E-state index contributed by atoms with van der Waals surface area (Å²) in [7, 11) is -3.91. The van der Waals surface area contributed by atoms with Gasteiger partial charge in [-0.3, -0.25) is 4.79 Å². The number of aryl methyl sites for hydroxylation is 1. The smallest absolute Gasteiger partial charge is 0.251 e. The van der Waals surface area contributed by atoms with Crippen LogP contribution in [0.1, 0.15) is 21.5 Å². The Labute approximate surface area is 152 Å². The van der Waals surface area contributed by atoms with E-state index in [0.717, 1.165) is 0 Å². The van der Waals surface area contributed by atoms with Crippen molar-refractivity contribution in [3.63, 3.8) is 0 Å². The molecule has 2 aromatic carbocycles. The number of ether oxygens (including phenoxy) is 2. The summed E-state index contributed by atoms with van der Waals surface area (Å²) in [5, 5.41) is 7.98. The fraction of sp³-hybridized carbons (Fsp3) is 0.278. The molecule has 1 amide bonds. The molecule has 0 radical (unpaired) electrons. The number of carbonyl (C=O) groups excluding carboxylic acids is 1. The zero-order valence-electron chi connectivity index (χ0n) is 14.5. The normalized spacial score (nSPS) is 16.2. The van der Waals surface area contributed by atoms with Crippen LogP contribution < -0.4 is 19.9 Å². The van der Waals surface area contributed by atoms with Gasteiger partial charge in [-0.15, -0.1) is 0 Å². The average molecular weight is 376 g/mol. The number of nitrogens with two attached hydrogens (primary N) is 1. The van der Waals surface area contributed by atoms with Crippen molar-refractivity contribution in [1.29, 1.82) is 0 Å². The summed E-state index contributed by atoms with van der Waals surface area (Å²) >= 11 is 0. The van der Waals surface area contributed by atoms with E-state index in [-0.39, 0.29) is 23.1 Å². The predicted octanol–water partition coefficient (Wildman–Crippen LogP) is 1.52. The Morgan fingerprint density at radius 3 is 2.62 bits per heavy atom. The SMILES string of the molecule is Cc1cc(C(=O)NCC2COc3ccccc3O2)cc(S(N)(=O)=O)c1C. The molecule has 0 aromatic heterocycles. The minimum absolute atomic E-state index is 0.0474. The summed E-state index contributed by atoms with van der Waals surface area (Å²) in [6.07, 6.45) is -0.335. The Hall–Kier alpha value is -2.58. The van der Waals surface area contributed by atoms with Crippen molar-refractivity contribution < 1.29 is 22.7 Å². The molecule has 8 heteroatoms. The van der Waals surface area contributed by atoms with Gasteiger partial charge in [0.25, 0.3) is 5.91 Å². The number of hydrogen-bond donors (Lipinski definition) is 2. The van der Waals surface area contributed by atoms with Gasteiger partial charge in [0.15, 0.2) is 11.5 Å². The number of hydrogen-bond acceptors (Lipinski definition) is 5. The molecule has 2 aromatic rings. The van der Waals surface area contributed by atoms with E-state index in [1.165, 1.54) is 6.07 Å². The Balaban J connectivity index is 1.71. The van der Waals surface area contributed by atoms with E-state index >= 15 is 0 Å². The first kappa shape index (κ1) is 18.2. The largest absolute Gasteiger partial charge is 0.486 e. The first-order chi connectivity index (χ1) is 12.3. The minimum atomic E-state index is -3.91. The van der Waals surface area contributed by atoms with Crippen molar-refractivity contribution in [3.8, 4) is 11.5 Å². The molecule has 1 atom stereocenters. The van der Waals surface area contributed by atoms with Crippen LogP contribution in [0.3, 0.4) is 0 Å². The fourth-order valence-electron chi connectivity index (χ4n) is 2.73. The Bertz CT molecular complexity index is 956. The van der Waals surface area contributed by atoms with Crippen molar-refractivity contribution >= 4 is 15.9 Å². The number of para-hydroxylation sites is 2. The third-order valence-corrected chi connectivity index (χ3v) is 5.28. The number of nitrogens with one attached hydrogen (secondary N) is 1. The summed E-state index contributed by atoms with van der Waals surface area (Å²) in [5.74, 6) is 0.892. The fourth-order valence-corrected chi connectivity index (χ4v) is 3.60. The molecule has 138 valence electrons. The molecule has 1 unspecified atom stereocenters. The van der Waals surface area contributed by atoms with Crippen molar-refractivity contribution in [2.75, 3.05) is 13.2 Å². The van der Waals surface area contributed by atoms with Crippen molar-refractivity contribution in [2.45, 2.75) is 24.8 Å². The van der Waals surface area contributed by atoms with E-state index in [0.29, 0.717) is 29.2 Å². The highest BCUT2D eigenvalue weighted by atomic mass is 32.2.